The molecule has 5 nitrogen and oxygen atoms in total. The Bertz CT molecular complexity index is 637. The summed E-state index contributed by atoms with van der Waals surface area (Å²) in [6, 6.07) is 7.87. The molecule has 23 heavy (non-hydrogen) atoms. The molecule has 3 rings (SSSR count). The van der Waals surface area contributed by atoms with Crippen molar-refractivity contribution in [3.05, 3.63) is 42.4 Å². The third-order valence-electron chi connectivity index (χ3n) is 4.59. The molecule has 2 heterocycles. The number of carbonyl (C=O) groups is 1. The van der Waals surface area contributed by atoms with Gasteiger partial charge in [-0.05, 0) is 25.1 Å². The van der Waals surface area contributed by atoms with Crippen molar-refractivity contribution in [2.45, 2.75) is 26.3 Å². The van der Waals surface area contributed by atoms with E-state index in [1.165, 1.54) is 6.39 Å². The van der Waals surface area contributed by atoms with E-state index in [0.717, 1.165) is 43.7 Å². The van der Waals surface area contributed by atoms with Crippen LogP contribution in [0.2, 0.25) is 0 Å². The van der Waals surface area contributed by atoms with Crippen LogP contribution in [0, 0.1) is 0 Å². The van der Waals surface area contributed by atoms with E-state index in [-0.39, 0.29) is 5.91 Å². The number of rotatable bonds is 4. The van der Waals surface area contributed by atoms with Crippen LogP contribution in [0.1, 0.15) is 30.6 Å². The fourth-order valence-corrected chi connectivity index (χ4v) is 3.12. The average Bonchev–Trinajstić information content (AvgIpc) is 3.15. The van der Waals surface area contributed by atoms with Crippen molar-refractivity contribution in [1.29, 1.82) is 0 Å². The summed E-state index contributed by atoms with van der Waals surface area (Å²) in [5.41, 5.74) is 1.67. The maximum Gasteiger partial charge on any atom is 0.254 e. The van der Waals surface area contributed by atoms with Crippen LogP contribution in [0.5, 0.6) is 0 Å². The van der Waals surface area contributed by atoms with E-state index in [1.54, 1.807) is 6.20 Å². The van der Waals surface area contributed by atoms with E-state index in [4.69, 9.17) is 4.42 Å². The topological polar surface area (TPSA) is 49.6 Å². The van der Waals surface area contributed by atoms with Gasteiger partial charge in [-0.2, -0.15) is 0 Å². The molecule has 1 amide bonds. The van der Waals surface area contributed by atoms with Crippen molar-refractivity contribution in [1.82, 2.24) is 14.8 Å². The number of hydrogen-bond donors (Lipinski definition) is 0. The first-order valence-electron chi connectivity index (χ1n) is 8.25. The highest BCUT2D eigenvalue weighted by atomic mass is 16.3. The second-order valence-corrected chi connectivity index (χ2v) is 5.90. The largest absolute Gasteiger partial charge is 0.444 e. The smallest absolute Gasteiger partial charge is 0.254 e. The summed E-state index contributed by atoms with van der Waals surface area (Å²) in [6.07, 6.45) is 4.07. The summed E-state index contributed by atoms with van der Waals surface area (Å²) in [6.45, 7) is 8.09. The van der Waals surface area contributed by atoms with Crippen LogP contribution < -0.4 is 0 Å². The molecule has 2 aromatic rings. The van der Waals surface area contributed by atoms with Crippen LogP contribution >= 0.6 is 0 Å². The molecule has 0 N–H and O–H groups in total. The van der Waals surface area contributed by atoms with Gasteiger partial charge in [-0.3, -0.25) is 9.69 Å². The Hall–Kier alpha value is -2.14. The molecule has 0 unspecified atom stereocenters. The minimum atomic E-state index is 0.122. The van der Waals surface area contributed by atoms with Gasteiger partial charge < -0.3 is 9.32 Å². The van der Waals surface area contributed by atoms with Gasteiger partial charge in [-0.15, -0.1) is 0 Å². The van der Waals surface area contributed by atoms with Gasteiger partial charge in [0, 0.05) is 36.8 Å². The van der Waals surface area contributed by atoms with Gasteiger partial charge >= 0.3 is 0 Å². The monoisotopic (exact) mass is 313 g/mol. The molecular formula is C18H23N3O2. The molecule has 1 aromatic carbocycles. The molecule has 5 heteroatoms. The Morgan fingerprint density at radius 1 is 1.26 bits per heavy atom. The van der Waals surface area contributed by atoms with Gasteiger partial charge in [0.2, 0.25) is 0 Å². The first-order valence-corrected chi connectivity index (χ1v) is 8.25. The second-order valence-electron chi connectivity index (χ2n) is 5.90. The minimum absolute atomic E-state index is 0.122. The van der Waals surface area contributed by atoms with Crippen molar-refractivity contribution in [3.63, 3.8) is 0 Å². The molecular weight excluding hydrogens is 290 g/mol. The lowest BCUT2D eigenvalue weighted by Crippen LogP contribution is -2.54. The number of aromatic nitrogens is 1. The Kier molecular flexibility index (Phi) is 4.76. The summed E-state index contributed by atoms with van der Waals surface area (Å²) < 4.78 is 5.28. The van der Waals surface area contributed by atoms with Gasteiger partial charge in [-0.25, -0.2) is 4.98 Å². The molecule has 1 aliphatic rings. The third kappa shape index (κ3) is 3.29. The fraction of sp³-hybridized carbons (Fsp3) is 0.444. The quantitative estimate of drug-likeness (QED) is 0.871. The van der Waals surface area contributed by atoms with E-state index in [2.05, 4.69) is 23.7 Å². The normalized spacial score (nSPS) is 19.0. The number of nitrogens with zero attached hydrogens (tertiary/aromatic N) is 3. The minimum Gasteiger partial charge on any atom is -0.444 e. The van der Waals surface area contributed by atoms with Gasteiger partial charge in [0.05, 0.1) is 6.20 Å². The van der Waals surface area contributed by atoms with E-state index < -0.39 is 0 Å². The number of piperazine rings is 1. The highest BCUT2D eigenvalue weighted by molar-refractivity contribution is 5.95. The Morgan fingerprint density at radius 2 is 2.04 bits per heavy atom. The van der Waals surface area contributed by atoms with Crippen LogP contribution in [0.15, 0.2) is 41.3 Å². The standard InChI is InChI=1S/C18H23N3O2/c1-3-16-12-20(4-2)9-10-21(16)18(22)15-7-5-14(6-8-15)17-11-19-13-23-17/h5-8,11,13,16H,3-4,9-10,12H2,1-2H3/t16-/m0/s1. The zero-order valence-corrected chi connectivity index (χ0v) is 13.7. The Balaban J connectivity index is 1.74. The van der Waals surface area contributed by atoms with Crippen LogP contribution in [0.4, 0.5) is 0 Å². The average molecular weight is 313 g/mol. The lowest BCUT2D eigenvalue weighted by molar-refractivity contribution is 0.0456. The van der Waals surface area contributed by atoms with Crippen LogP contribution in [-0.2, 0) is 0 Å². The van der Waals surface area contributed by atoms with E-state index >= 15 is 0 Å². The lowest BCUT2D eigenvalue weighted by atomic mass is 10.1. The number of amides is 1. The highest BCUT2D eigenvalue weighted by Gasteiger charge is 2.29. The summed E-state index contributed by atoms with van der Waals surface area (Å²) in [5, 5.41) is 0. The number of oxazole rings is 1. The Morgan fingerprint density at radius 3 is 2.65 bits per heavy atom. The zero-order valence-electron chi connectivity index (χ0n) is 13.7. The van der Waals surface area contributed by atoms with Crippen molar-refractivity contribution >= 4 is 5.91 Å². The van der Waals surface area contributed by atoms with Crippen molar-refractivity contribution in [2.24, 2.45) is 0 Å². The predicted octanol–water partition coefficient (Wildman–Crippen LogP) is 2.90. The summed E-state index contributed by atoms with van der Waals surface area (Å²) in [5.74, 6) is 0.837. The number of carbonyl (C=O) groups excluding carboxylic acids is 1. The maximum atomic E-state index is 12.8. The summed E-state index contributed by atoms with van der Waals surface area (Å²) in [7, 11) is 0. The summed E-state index contributed by atoms with van der Waals surface area (Å²) >= 11 is 0. The van der Waals surface area contributed by atoms with Crippen molar-refractivity contribution in [3.8, 4) is 11.3 Å². The zero-order chi connectivity index (χ0) is 16.2. The number of hydrogen-bond acceptors (Lipinski definition) is 4. The molecule has 1 saturated heterocycles. The van der Waals surface area contributed by atoms with E-state index in [1.807, 2.05) is 29.2 Å². The van der Waals surface area contributed by atoms with Gasteiger partial charge in [0.1, 0.15) is 0 Å². The molecule has 0 bridgehead atoms. The highest BCUT2D eigenvalue weighted by Crippen LogP contribution is 2.21. The third-order valence-corrected chi connectivity index (χ3v) is 4.59. The van der Waals surface area contributed by atoms with Crippen molar-refractivity contribution < 1.29 is 9.21 Å². The molecule has 0 aliphatic carbocycles. The van der Waals surface area contributed by atoms with Gasteiger partial charge in [0.15, 0.2) is 12.2 Å². The molecule has 1 aliphatic heterocycles. The lowest BCUT2D eigenvalue weighted by Gasteiger charge is -2.41. The molecule has 0 saturated carbocycles. The van der Waals surface area contributed by atoms with Crippen LogP contribution in [-0.4, -0.2) is 52.9 Å². The Labute approximate surface area is 136 Å². The molecule has 1 aromatic heterocycles. The first-order chi connectivity index (χ1) is 11.2. The van der Waals surface area contributed by atoms with E-state index in [0.29, 0.717) is 11.8 Å². The molecule has 122 valence electrons. The van der Waals surface area contributed by atoms with E-state index in [9.17, 15) is 4.79 Å². The number of benzene rings is 1. The molecule has 1 fully saturated rings. The first kappa shape index (κ1) is 15.7. The molecule has 0 radical (unpaired) electrons. The van der Waals surface area contributed by atoms with Crippen molar-refractivity contribution in [2.75, 3.05) is 26.2 Å². The summed E-state index contributed by atoms with van der Waals surface area (Å²) in [4.78, 5) is 21.2. The predicted molar refractivity (Wildman–Crippen MR) is 89.2 cm³/mol. The SMILES string of the molecule is CC[C@H]1CN(CC)CCN1C(=O)c1ccc(-c2cnco2)cc1. The number of likely N-dealkylation sites (N-methyl/N-ethyl adjacent to an activating group) is 1. The van der Waals surface area contributed by atoms with Crippen LogP contribution in [0.3, 0.4) is 0 Å². The molecule has 1 atom stereocenters. The maximum absolute atomic E-state index is 12.8. The van der Waals surface area contributed by atoms with Gasteiger partial charge in [-0.1, -0.05) is 26.0 Å². The van der Waals surface area contributed by atoms with Gasteiger partial charge in [0.25, 0.3) is 5.91 Å². The molecule has 0 spiro atoms. The second kappa shape index (κ2) is 6.96. The van der Waals surface area contributed by atoms with Crippen LogP contribution in [0.25, 0.3) is 11.3 Å². The fourth-order valence-electron chi connectivity index (χ4n) is 3.12.